The van der Waals surface area contributed by atoms with Crippen LogP contribution in [0.1, 0.15) is 32.8 Å². The summed E-state index contributed by atoms with van der Waals surface area (Å²) in [7, 11) is 0. The first-order valence-corrected chi connectivity index (χ1v) is 9.91. The number of hydrogen-bond acceptors (Lipinski definition) is 3. The fourth-order valence-electron chi connectivity index (χ4n) is 2.62. The highest BCUT2D eigenvalue weighted by atomic mass is 35.5. The van der Waals surface area contributed by atoms with Gasteiger partial charge in [-0.1, -0.05) is 42.8 Å². The molecular weight excluding hydrogens is 395 g/mol. The van der Waals surface area contributed by atoms with E-state index in [1.165, 1.54) is 17.0 Å². The van der Waals surface area contributed by atoms with Crippen molar-refractivity contribution >= 4 is 23.4 Å². The predicted molar refractivity (Wildman–Crippen MR) is 111 cm³/mol. The van der Waals surface area contributed by atoms with Crippen molar-refractivity contribution in [2.24, 2.45) is 0 Å². The second-order valence-electron chi connectivity index (χ2n) is 6.86. The first kappa shape index (κ1) is 22.7. The molecule has 2 aromatic rings. The maximum absolute atomic E-state index is 13.2. The normalized spacial score (nSPS) is 12.7. The summed E-state index contributed by atoms with van der Waals surface area (Å²) in [5.41, 5.74) is 0.709. The van der Waals surface area contributed by atoms with Crippen LogP contribution in [-0.2, 0) is 16.1 Å². The molecule has 0 fully saturated rings. The molecule has 2 atom stereocenters. The van der Waals surface area contributed by atoms with E-state index in [9.17, 15) is 14.0 Å². The van der Waals surface area contributed by atoms with Crippen LogP contribution in [0.3, 0.4) is 0 Å². The molecule has 2 rings (SSSR count). The molecule has 0 unspecified atom stereocenters. The molecule has 0 saturated carbocycles. The molecule has 29 heavy (non-hydrogen) atoms. The third kappa shape index (κ3) is 6.75. The summed E-state index contributed by atoms with van der Waals surface area (Å²) >= 11 is 6.07. The highest BCUT2D eigenvalue weighted by Gasteiger charge is 2.27. The van der Waals surface area contributed by atoms with E-state index in [1.54, 1.807) is 43.3 Å². The minimum absolute atomic E-state index is 0.00732. The average molecular weight is 421 g/mol. The Bertz CT molecular complexity index is 829. The maximum Gasteiger partial charge on any atom is 0.261 e. The number of nitrogens with one attached hydrogen (secondary N) is 1. The SMILES string of the molecule is CC[C@@H](C)NC(=O)[C@H](C)N(Cc1ccc(F)cc1)C(=O)COc1ccccc1Cl. The fraction of sp³-hybridized carbons (Fsp3) is 0.364. The van der Waals surface area contributed by atoms with Crippen LogP contribution in [0.15, 0.2) is 48.5 Å². The van der Waals surface area contributed by atoms with Gasteiger partial charge in [-0.3, -0.25) is 9.59 Å². The van der Waals surface area contributed by atoms with E-state index in [-0.39, 0.29) is 36.8 Å². The number of hydrogen-bond donors (Lipinski definition) is 1. The number of nitrogens with zero attached hydrogens (tertiary/aromatic N) is 1. The summed E-state index contributed by atoms with van der Waals surface area (Å²) in [6, 6.07) is 11.9. The van der Waals surface area contributed by atoms with Crippen LogP contribution in [0.5, 0.6) is 5.75 Å². The maximum atomic E-state index is 13.2. The van der Waals surface area contributed by atoms with Gasteiger partial charge in [0.2, 0.25) is 5.91 Å². The third-order valence-corrected chi connectivity index (χ3v) is 4.93. The Hall–Kier alpha value is -2.60. The first-order valence-electron chi connectivity index (χ1n) is 9.53. The monoisotopic (exact) mass is 420 g/mol. The van der Waals surface area contributed by atoms with Gasteiger partial charge in [-0.25, -0.2) is 4.39 Å². The van der Waals surface area contributed by atoms with Gasteiger partial charge in [0.1, 0.15) is 17.6 Å². The number of carbonyl (C=O) groups excluding carboxylic acids is 2. The number of ether oxygens (including phenoxy) is 1. The predicted octanol–water partition coefficient (Wildman–Crippen LogP) is 4.19. The van der Waals surface area contributed by atoms with Crippen LogP contribution in [0, 0.1) is 5.82 Å². The van der Waals surface area contributed by atoms with Gasteiger partial charge in [0.25, 0.3) is 5.91 Å². The number of amides is 2. The molecule has 2 amide bonds. The largest absolute Gasteiger partial charge is 0.482 e. The summed E-state index contributed by atoms with van der Waals surface area (Å²) in [4.78, 5) is 26.9. The summed E-state index contributed by atoms with van der Waals surface area (Å²) in [6.45, 7) is 5.41. The molecule has 0 radical (unpaired) electrons. The zero-order valence-corrected chi connectivity index (χ0v) is 17.6. The van der Waals surface area contributed by atoms with Crippen molar-refractivity contribution in [3.63, 3.8) is 0 Å². The Morgan fingerprint density at radius 1 is 1.14 bits per heavy atom. The number of rotatable bonds is 9. The number of carbonyl (C=O) groups is 2. The lowest BCUT2D eigenvalue weighted by Gasteiger charge is -2.29. The van der Waals surface area contributed by atoms with E-state index in [0.717, 1.165) is 6.42 Å². The van der Waals surface area contributed by atoms with Crippen molar-refractivity contribution in [3.8, 4) is 5.75 Å². The molecule has 0 heterocycles. The summed E-state index contributed by atoms with van der Waals surface area (Å²) in [6.07, 6.45) is 0.778. The minimum Gasteiger partial charge on any atom is -0.482 e. The molecule has 2 aromatic carbocycles. The summed E-state index contributed by atoms with van der Waals surface area (Å²) < 4.78 is 18.8. The average Bonchev–Trinajstić information content (AvgIpc) is 2.71. The summed E-state index contributed by atoms with van der Waals surface area (Å²) in [5.74, 6) is -0.606. The number of halogens is 2. The molecule has 0 aromatic heterocycles. The van der Waals surface area contributed by atoms with Crippen molar-refractivity contribution in [1.82, 2.24) is 10.2 Å². The number of para-hydroxylation sites is 1. The third-order valence-electron chi connectivity index (χ3n) is 4.62. The van der Waals surface area contributed by atoms with E-state index < -0.39 is 6.04 Å². The molecule has 1 N–H and O–H groups in total. The fourth-order valence-corrected chi connectivity index (χ4v) is 2.81. The molecule has 5 nitrogen and oxygen atoms in total. The van der Waals surface area contributed by atoms with Crippen LogP contribution in [-0.4, -0.2) is 35.4 Å². The van der Waals surface area contributed by atoms with E-state index in [0.29, 0.717) is 16.3 Å². The molecule has 0 aliphatic heterocycles. The van der Waals surface area contributed by atoms with Gasteiger partial charge in [-0.2, -0.15) is 0 Å². The van der Waals surface area contributed by atoms with Gasteiger partial charge in [0.05, 0.1) is 5.02 Å². The highest BCUT2D eigenvalue weighted by Crippen LogP contribution is 2.23. The van der Waals surface area contributed by atoms with Gasteiger partial charge in [0, 0.05) is 12.6 Å². The van der Waals surface area contributed by atoms with Crippen LogP contribution in [0.2, 0.25) is 5.02 Å². The number of benzene rings is 2. The van der Waals surface area contributed by atoms with Crippen molar-refractivity contribution in [3.05, 3.63) is 64.9 Å². The lowest BCUT2D eigenvalue weighted by atomic mass is 10.1. The van der Waals surface area contributed by atoms with Gasteiger partial charge in [0.15, 0.2) is 6.61 Å². The van der Waals surface area contributed by atoms with Crippen molar-refractivity contribution < 1.29 is 18.7 Å². The molecule has 0 aliphatic carbocycles. The van der Waals surface area contributed by atoms with E-state index in [4.69, 9.17) is 16.3 Å². The zero-order valence-electron chi connectivity index (χ0n) is 16.8. The van der Waals surface area contributed by atoms with Gasteiger partial charge < -0.3 is 15.0 Å². The van der Waals surface area contributed by atoms with E-state index >= 15 is 0 Å². The standard InChI is InChI=1S/C22H26ClFN2O3/c1-4-15(2)25-22(28)16(3)26(13-17-9-11-18(24)12-10-17)21(27)14-29-20-8-6-5-7-19(20)23/h5-12,15-16H,4,13-14H2,1-3H3,(H,25,28)/t15-,16+/m1/s1. The Kier molecular flexibility index (Phi) is 8.46. The second kappa shape index (κ2) is 10.8. The Morgan fingerprint density at radius 2 is 1.79 bits per heavy atom. The quantitative estimate of drug-likeness (QED) is 0.661. The van der Waals surface area contributed by atoms with Gasteiger partial charge in [-0.05, 0) is 50.1 Å². The molecule has 0 bridgehead atoms. The van der Waals surface area contributed by atoms with Crippen molar-refractivity contribution in [2.45, 2.75) is 45.8 Å². The summed E-state index contributed by atoms with van der Waals surface area (Å²) in [5, 5.41) is 3.28. The first-order chi connectivity index (χ1) is 13.8. The topological polar surface area (TPSA) is 58.6 Å². The lowest BCUT2D eigenvalue weighted by Crippen LogP contribution is -2.50. The van der Waals surface area contributed by atoms with E-state index in [1.807, 2.05) is 13.8 Å². The molecule has 0 spiro atoms. The Labute approximate surface area is 175 Å². The van der Waals surface area contributed by atoms with Gasteiger partial charge >= 0.3 is 0 Å². The smallest absolute Gasteiger partial charge is 0.261 e. The Balaban J connectivity index is 2.15. The van der Waals surface area contributed by atoms with Crippen LogP contribution >= 0.6 is 11.6 Å². The molecule has 156 valence electrons. The van der Waals surface area contributed by atoms with E-state index in [2.05, 4.69) is 5.32 Å². The molecule has 0 saturated heterocycles. The lowest BCUT2D eigenvalue weighted by molar-refractivity contribution is -0.142. The van der Waals surface area contributed by atoms with Crippen LogP contribution in [0.25, 0.3) is 0 Å². The molecular formula is C22H26ClFN2O3. The van der Waals surface area contributed by atoms with Crippen molar-refractivity contribution in [1.29, 1.82) is 0 Å². The van der Waals surface area contributed by atoms with Crippen LogP contribution < -0.4 is 10.1 Å². The van der Waals surface area contributed by atoms with Crippen LogP contribution in [0.4, 0.5) is 4.39 Å². The minimum atomic E-state index is -0.726. The highest BCUT2D eigenvalue weighted by molar-refractivity contribution is 6.32. The van der Waals surface area contributed by atoms with Crippen molar-refractivity contribution in [2.75, 3.05) is 6.61 Å². The molecule has 0 aliphatic rings. The second-order valence-corrected chi connectivity index (χ2v) is 7.27. The Morgan fingerprint density at radius 3 is 2.41 bits per heavy atom. The zero-order chi connectivity index (χ0) is 21.4. The molecule has 7 heteroatoms. The van der Waals surface area contributed by atoms with Gasteiger partial charge in [-0.15, -0.1) is 0 Å².